The SMILES string of the molecule is CC(=O)O[C@@H](C[C@@H](C)[C@H]1C(=O)[C@H](O)[C@@]2(C)[C@@H]3CC[C@H]4C(C)(C)[C@@H](O[C@@H]5OC[C@@H](O)[C@H](O)[C@H]5O)CC[C@@]45C[C@@]35CC[C@]12C)[C@@H]1OC1(C)C. The van der Waals surface area contributed by atoms with Gasteiger partial charge in [-0.05, 0) is 105 Å². The Hall–Kier alpha value is -1.14. The highest BCUT2D eigenvalue weighted by Gasteiger charge is 2.84. The number of ketones is 1. The molecule has 2 heterocycles. The molecule has 0 unspecified atom stereocenters. The Bertz CT molecular complexity index is 1300. The van der Waals surface area contributed by atoms with Crippen LogP contribution in [0.5, 0.6) is 0 Å². The molecule has 0 aromatic rings. The highest BCUT2D eigenvalue weighted by atomic mass is 16.7. The van der Waals surface area contributed by atoms with Crippen LogP contribution in [0.4, 0.5) is 0 Å². The summed E-state index contributed by atoms with van der Waals surface area (Å²) in [7, 11) is 0. The topological polar surface area (TPSA) is 155 Å². The molecule has 4 N–H and O–H groups in total. The molecule has 47 heavy (non-hydrogen) atoms. The molecular weight excluding hydrogens is 604 g/mol. The van der Waals surface area contributed by atoms with Crippen molar-refractivity contribution in [2.45, 2.75) is 161 Å². The van der Waals surface area contributed by atoms with Gasteiger partial charge in [0.1, 0.15) is 36.6 Å². The summed E-state index contributed by atoms with van der Waals surface area (Å²) in [6.45, 7) is 16.4. The van der Waals surface area contributed by atoms with Crippen LogP contribution < -0.4 is 0 Å². The molecule has 7 aliphatic rings. The summed E-state index contributed by atoms with van der Waals surface area (Å²) < 4.78 is 23.7. The van der Waals surface area contributed by atoms with Crippen LogP contribution in [-0.4, -0.2) is 93.4 Å². The van der Waals surface area contributed by atoms with E-state index in [0.717, 1.165) is 44.9 Å². The van der Waals surface area contributed by atoms with E-state index in [9.17, 15) is 30.0 Å². The van der Waals surface area contributed by atoms with E-state index in [0.29, 0.717) is 12.3 Å². The van der Waals surface area contributed by atoms with Crippen LogP contribution in [0.3, 0.4) is 0 Å². The molecule has 16 atom stereocenters. The van der Waals surface area contributed by atoms with Crippen molar-refractivity contribution >= 4 is 11.8 Å². The number of esters is 1. The predicted octanol–water partition coefficient (Wildman–Crippen LogP) is 3.53. The fourth-order valence-corrected chi connectivity index (χ4v) is 13.2. The number of ether oxygens (including phenoxy) is 4. The van der Waals surface area contributed by atoms with E-state index in [2.05, 4.69) is 34.6 Å². The van der Waals surface area contributed by atoms with Gasteiger partial charge in [-0.3, -0.25) is 9.59 Å². The maximum atomic E-state index is 14.2. The number of carbonyl (C=O) groups is 2. The molecule has 2 aliphatic heterocycles. The zero-order valence-corrected chi connectivity index (χ0v) is 29.5. The van der Waals surface area contributed by atoms with Crippen molar-refractivity contribution in [2.24, 2.45) is 50.7 Å². The van der Waals surface area contributed by atoms with Gasteiger partial charge in [0.25, 0.3) is 0 Å². The maximum Gasteiger partial charge on any atom is 0.302 e. The highest BCUT2D eigenvalue weighted by Crippen LogP contribution is 2.89. The van der Waals surface area contributed by atoms with E-state index in [1.165, 1.54) is 6.92 Å². The van der Waals surface area contributed by atoms with E-state index < -0.39 is 42.2 Å². The Morgan fingerprint density at radius 2 is 1.57 bits per heavy atom. The van der Waals surface area contributed by atoms with Crippen LogP contribution in [0.15, 0.2) is 0 Å². The molecular formula is C37H58O10. The van der Waals surface area contributed by atoms with Crippen LogP contribution in [0.1, 0.15) is 107 Å². The summed E-state index contributed by atoms with van der Waals surface area (Å²) in [6, 6.07) is 0. The summed E-state index contributed by atoms with van der Waals surface area (Å²) in [5.41, 5.74) is -1.34. The molecule has 0 bridgehead atoms. The molecule has 2 spiro atoms. The van der Waals surface area contributed by atoms with Crippen molar-refractivity contribution in [3.8, 4) is 0 Å². The van der Waals surface area contributed by atoms with Gasteiger partial charge < -0.3 is 39.4 Å². The first-order valence-corrected chi connectivity index (χ1v) is 18.2. The first-order chi connectivity index (χ1) is 21.8. The quantitative estimate of drug-likeness (QED) is 0.181. The molecule has 5 saturated carbocycles. The van der Waals surface area contributed by atoms with Crippen LogP contribution in [0.25, 0.3) is 0 Å². The van der Waals surface area contributed by atoms with Gasteiger partial charge in [0.2, 0.25) is 0 Å². The average Bonchev–Trinajstić information content (AvgIpc) is 3.84. The second kappa shape index (κ2) is 10.7. The Morgan fingerprint density at radius 3 is 2.21 bits per heavy atom. The molecule has 7 rings (SSSR count). The van der Waals surface area contributed by atoms with E-state index in [1.807, 2.05) is 13.8 Å². The third kappa shape index (κ3) is 4.53. The number of rotatable bonds is 7. The molecule has 266 valence electrons. The van der Waals surface area contributed by atoms with Crippen molar-refractivity contribution < 1.29 is 49.0 Å². The van der Waals surface area contributed by atoms with E-state index >= 15 is 0 Å². The fraction of sp³-hybridized carbons (Fsp3) is 0.946. The van der Waals surface area contributed by atoms with Gasteiger partial charge >= 0.3 is 5.97 Å². The van der Waals surface area contributed by atoms with Gasteiger partial charge in [-0.1, -0.05) is 34.6 Å². The number of aliphatic hydroxyl groups is 4. The molecule has 0 radical (unpaired) electrons. The lowest BCUT2D eigenvalue weighted by molar-refractivity contribution is -0.303. The zero-order chi connectivity index (χ0) is 34.3. The van der Waals surface area contributed by atoms with E-state index in [-0.39, 0.29) is 75.6 Å². The molecule has 0 aromatic heterocycles. The molecule has 10 nitrogen and oxygen atoms in total. The minimum absolute atomic E-state index is 0.0512. The number of hydrogen-bond donors (Lipinski definition) is 4. The summed E-state index contributed by atoms with van der Waals surface area (Å²) in [5, 5.41) is 42.8. The molecule has 0 aromatic carbocycles. The second-order valence-corrected chi connectivity index (χ2v) is 18.4. The van der Waals surface area contributed by atoms with E-state index in [4.69, 9.17) is 18.9 Å². The van der Waals surface area contributed by atoms with Crippen LogP contribution in [0, 0.1) is 50.7 Å². The van der Waals surface area contributed by atoms with Crippen molar-refractivity contribution in [2.75, 3.05) is 6.61 Å². The Balaban J connectivity index is 1.12. The Labute approximate surface area is 279 Å². The fourth-order valence-electron chi connectivity index (χ4n) is 13.2. The lowest BCUT2D eigenvalue weighted by atomic mass is 9.41. The Morgan fingerprint density at radius 1 is 0.936 bits per heavy atom. The molecule has 2 saturated heterocycles. The largest absolute Gasteiger partial charge is 0.460 e. The summed E-state index contributed by atoms with van der Waals surface area (Å²) >= 11 is 0. The molecule has 5 aliphatic carbocycles. The van der Waals surface area contributed by atoms with Crippen LogP contribution in [-0.2, 0) is 28.5 Å². The van der Waals surface area contributed by atoms with Crippen molar-refractivity contribution in [1.82, 2.24) is 0 Å². The van der Waals surface area contributed by atoms with E-state index in [1.54, 1.807) is 0 Å². The number of carbonyl (C=O) groups excluding carboxylic acids is 2. The maximum absolute atomic E-state index is 14.2. The number of aliphatic hydroxyl groups excluding tert-OH is 4. The van der Waals surface area contributed by atoms with Crippen molar-refractivity contribution in [3.05, 3.63) is 0 Å². The first kappa shape index (κ1) is 34.3. The van der Waals surface area contributed by atoms with Crippen LogP contribution >= 0.6 is 0 Å². The standard InChI is InChI=1S/C37H58O10/c1-18(15-21(45-19(2)38)30-33(5,6)47-30)25-27(41)29(43)35(8)23-10-9-22-32(3,4)24(46-31-28(42)26(40)20(39)16-44-31)11-12-36(22)17-37(23,36)14-13-34(25,35)7/h18,20-26,28-31,39-40,42-43H,9-17H2,1-8H3/t18-,20-,21+,22+,23+,24+,25+,26+,28-,29+,30+,31+,34-,35-,36-,37+/m1/s1. The molecule has 0 amide bonds. The lowest BCUT2D eigenvalue weighted by Crippen LogP contribution is -2.61. The summed E-state index contributed by atoms with van der Waals surface area (Å²) in [4.78, 5) is 26.3. The zero-order valence-electron chi connectivity index (χ0n) is 29.5. The summed E-state index contributed by atoms with van der Waals surface area (Å²) in [5.74, 6) is -0.211. The van der Waals surface area contributed by atoms with Gasteiger partial charge in [0.05, 0.1) is 18.3 Å². The van der Waals surface area contributed by atoms with Gasteiger partial charge in [-0.2, -0.15) is 0 Å². The monoisotopic (exact) mass is 662 g/mol. The molecule has 7 fully saturated rings. The van der Waals surface area contributed by atoms with Gasteiger partial charge in [-0.15, -0.1) is 0 Å². The van der Waals surface area contributed by atoms with Crippen molar-refractivity contribution in [1.29, 1.82) is 0 Å². The third-order valence-electron chi connectivity index (χ3n) is 15.7. The number of Topliss-reactive ketones (excluding diaryl/α,β-unsaturated/α-hetero) is 1. The highest BCUT2D eigenvalue weighted by molar-refractivity contribution is 5.90. The normalized spacial score (nSPS) is 53.5. The number of fused-ring (bicyclic) bond motifs is 2. The number of hydrogen-bond acceptors (Lipinski definition) is 10. The van der Waals surface area contributed by atoms with Gasteiger partial charge in [0, 0.05) is 18.3 Å². The average molecular weight is 663 g/mol. The van der Waals surface area contributed by atoms with Crippen molar-refractivity contribution in [3.63, 3.8) is 0 Å². The summed E-state index contributed by atoms with van der Waals surface area (Å²) in [6.07, 6.45) is 0.666. The number of epoxide rings is 1. The molecule has 10 heteroatoms. The Kier molecular flexibility index (Phi) is 7.80. The first-order valence-electron chi connectivity index (χ1n) is 18.2. The predicted molar refractivity (Wildman–Crippen MR) is 170 cm³/mol. The van der Waals surface area contributed by atoms with Crippen LogP contribution in [0.2, 0.25) is 0 Å². The minimum atomic E-state index is -1.31. The lowest BCUT2D eigenvalue weighted by Gasteiger charge is -2.63. The minimum Gasteiger partial charge on any atom is -0.460 e. The van der Waals surface area contributed by atoms with Gasteiger partial charge in [-0.25, -0.2) is 0 Å². The third-order valence-corrected chi connectivity index (χ3v) is 15.7. The second-order valence-electron chi connectivity index (χ2n) is 18.4. The van der Waals surface area contributed by atoms with Gasteiger partial charge in [0.15, 0.2) is 12.1 Å². The smallest absolute Gasteiger partial charge is 0.302 e.